The molecule has 0 saturated heterocycles. The second-order valence-corrected chi connectivity index (χ2v) is 1.09. The van der Waals surface area contributed by atoms with Gasteiger partial charge in [0.1, 0.15) is 0 Å². The molecule has 0 bridgehead atoms. The van der Waals surface area contributed by atoms with Gasteiger partial charge in [0.15, 0.2) is 0 Å². The number of rotatable bonds is 0. The van der Waals surface area contributed by atoms with Crippen molar-refractivity contribution >= 4 is 11.9 Å². The predicted molar refractivity (Wildman–Crippen MR) is 23.6 cm³/mol. The smallest absolute Gasteiger partial charge is 1.00 e. The summed E-state index contributed by atoms with van der Waals surface area (Å²) in [5, 5.41) is 0. The zero-order valence-electron chi connectivity index (χ0n) is 6.22. The summed E-state index contributed by atoms with van der Waals surface area (Å²) in [6, 6.07) is 0. The van der Waals surface area contributed by atoms with Crippen LogP contribution in [0.4, 0.5) is 0 Å². The first-order valence-corrected chi connectivity index (χ1v) is 1.82. The second-order valence-electron chi connectivity index (χ2n) is 1.09. The van der Waals surface area contributed by atoms with Crippen LogP contribution in [0, 0.1) is 0 Å². The van der Waals surface area contributed by atoms with Crippen molar-refractivity contribution < 1.29 is 67.1 Å². The molecule has 0 fully saturated rings. The molecule has 0 amide bonds. The van der Waals surface area contributed by atoms with Crippen LogP contribution in [-0.2, 0) is 14.3 Å². The Balaban J connectivity index is -0.000000180. The number of esters is 2. The molecule has 8 heavy (non-hydrogen) atoms. The van der Waals surface area contributed by atoms with Crippen molar-refractivity contribution in [3.63, 3.8) is 0 Å². The molecule has 0 rings (SSSR count). The normalized spacial score (nSPS) is 6.75. The van der Waals surface area contributed by atoms with E-state index in [-0.39, 0.29) is 52.8 Å². The van der Waals surface area contributed by atoms with E-state index in [2.05, 4.69) is 4.74 Å². The van der Waals surface area contributed by atoms with Gasteiger partial charge in [-0.3, -0.25) is 9.59 Å². The van der Waals surface area contributed by atoms with Gasteiger partial charge in [-0.1, -0.05) is 0 Å². The molecule has 0 unspecified atom stereocenters. The number of ether oxygens (including phenoxy) is 1. The Bertz CT molecular complexity index is 92.0. The van der Waals surface area contributed by atoms with Crippen molar-refractivity contribution in [3.8, 4) is 0 Å². The molecule has 0 atom stereocenters. The fourth-order valence-electron chi connectivity index (χ4n) is 0.202. The monoisotopic (exact) mass is 142 g/mol. The third kappa shape index (κ3) is 9.91. The summed E-state index contributed by atoms with van der Waals surface area (Å²) < 4.78 is 3.97. The molecule has 42 valence electrons. The Morgan fingerprint density at radius 1 is 1.25 bits per heavy atom. The summed E-state index contributed by atoms with van der Waals surface area (Å²) >= 11 is 0. The molecule has 4 heteroatoms. The van der Waals surface area contributed by atoms with Crippen molar-refractivity contribution in [2.24, 2.45) is 0 Å². The van der Waals surface area contributed by atoms with Crippen LogP contribution in [0.1, 0.15) is 15.3 Å². The quantitative estimate of drug-likeness (QED) is 0.209. The van der Waals surface area contributed by atoms with Gasteiger partial charge in [0.25, 0.3) is 0 Å². The molecule has 0 aliphatic heterocycles. The van der Waals surface area contributed by atoms with Crippen molar-refractivity contribution in [2.75, 3.05) is 0 Å². The van der Waals surface area contributed by atoms with E-state index in [0.717, 1.165) is 0 Å². The van der Waals surface area contributed by atoms with Crippen LogP contribution in [0.25, 0.3) is 0 Å². The van der Waals surface area contributed by atoms with Crippen LogP contribution in [0.15, 0.2) is 0 Å². The van der Waals surface area contributed by atoms with Gasteiger partial charge in [-0.15, -0.1) is 0 Å². The Kier molecular flexibility index (Phi) is 8.53. The first kappa shape index (κ1) is 11.6. The fraction of sp³-hybridized carbons (Fsp3) is 0.500. The number of carbonyl (C=O) groups excluding carboxylic acids is 2. The van der Waals surface area contributed by atoms with Gasteiger partial charge >= 0.3 is 63.3 Å². The molecule has 0 aromatic rings. The standard InChI is InChI=1S/C4H6O3.K.H/c1-3(5)7-4(2)6;;/h1-2H3;;/q;+1;-1. The van der Waals surface area contributed by atoms with Crippen LogP contribution in [0.2, 0.25) is 0 Å². The van der Waals surface area contributed by atoms with E-state index >= 15 is 0 Å². The molecule has 0 aliphatic rings. The summed E-state index contributed by atoms with van der Waals surface area (Å²) in [6.07, 6.45) is 0. The summed E-state index contributed by atoms with van der Waals surface area (Å²) in [6.45, 7) is 2.36. The van der Waals surface area contributed by atoms with Gasteiger partial charge in [0, 0.05) is 13.8 Å². The summed E-state index contributed by atoms with van der Waals surface area (Å²) in [7, 11) is 0. The summed E-state index contributed by atoms with van der Waals surface area (Å²) in [4.78, 5) is 19.6. The number of hydrogen-bond acceptors (Lipinski definition) is 3. The zero-order chi connectivity index (χ0) is 5.86. The molecule has 0 aromatic heterocycles. The first-order chi connectivity index (χ1) is 3.13. The topological polar surface area (TPSA) is 43.4 Å². The van der Waals surface area contributed by atoms with Gasteiger partial charge in [0.2, 0.25) is 0 Å². The average Bonchev–Trinajstić information content (AvgIpc) is 1.27. The Morgan fingerprint density at radius 2 is 1.50 bits per heavy atom. The van der Waals surface area contributed by atoms with Gasteiger partial charge in [-0.25, -0.2) is 0 Å². The molecule has 0 aliphatic carbocycles. The maximum absolute atomic E-state index is 9.81. The zero-order valence-corrected chi connectivity index (χ0v) is 8.35. The van der Waals surface area contributed by atoms with Crippen LogP contribution in [0.3, 0.4) is 0 Å². The Morgan fingerprint density at radius 3 is 1.50 bits per heavy atom. The molecule has 0 radical (unpaired) electrons. The minimum Gasteiger partial charge on any atom is -1.00 e. The van der Waals surface area contributed by atoms with Crippen molar-refractivity contribution in [1.29, 1.82) is 0 Å². The minimum absolute atomic E-state index is 0. The minimum atomic E-state index is -0.562. The Hall–Kier alpha value is 0.776. The molecule has 0 aromatic carbocycles. The third-order valence-corrected chi connectivity index (χ3v) is 0.287. The van der Waals surface area contributed by atoms with E-state index in [9.17, 15) is 9.59 Å². The van der Waals surface area contributed by atoms with E-state index in [1.807, 2.05) is 0 Å². The van der Waals surface area contributed by atoms with Crippen molar-refractivity contribution in [2.45, 2.75) is 13.8 Å². The number of carbonyl (C=O) groups is 2. The summed E-state index contributed by atoms with van der Waals surface area (Å²) in [5.74, 6) is -1.12. The van der Waals surface area contributed by atoms with E-state index in [0.29, 0.717) is 0 Å². The molecule has 0 saturated carbocycles. The Labute approximate surface area is 91.7 Å². The fourth-order valence-corrected chi connectivity index (χ4v) is 0.202. The van der Waals surface area contributed by atoms with Crippen LogP contribution < -0.4 is 51.4 Å². The second kappa shape index (κ2) is 5.90. The SMILES string of the molecule is CC(=O)OC(C)=O.[H-].[K+]. The predicted octanol–water partition coefficient (Wildman–Crippen LogP) is -2.79. The van der Waals surface area contributed by atoms with Crippen molar-refractivity contribution in [1.82, 2.24) is 0 Å². The first-order valence-electron chi connectivity index (χ1n) is 1.82. The van der Waals surface area contributed by atoms with E-state index in [1.165, 1.54) is 13.8 Å². The van der Waals surface area contributed by atoms with Gasteiger partial charge < -0.3 is 6.16 Å². The van der Waals surface area contributed by atoms with Crippen LogP contribution in [-0.4, -0.2) is 11.9 Å². The van der Waals surface area contributed by atoms with E-state index < -0.39 is 11.9 Å². The van der Waals surface area contributed by atoms with Gasteiger partial charge in [-0.05, 0) is 0 Å². The van der Waals surface area contributed by atoms with E-state index in [4.69, 9.17) is 0 Å². The molecular weight excluding hydrogens is 135 g/mol. The molecule has 0 heterocycles. The van der Waals surface area contributed by atoms with Crippen molar-refractivity contribution in [3.05, 3.63) is 0 Å². The maximum atomic E-state index is 9.81. The molecule has 0 N–H and O–H groups in total. The van der Waals surface area contributed by atoms with Gasteiger partial charge in [0.05, 0.1) is 0 Å². The third-order valence-electron chi connectivity index (χ3n) is 0.287. The van der Waals surface area contributed by atoms with Crippen LogP contribution in [0.5, 0.6) is 0 Å². The largest absolute Gasteiger partial charge is 1.00 e. The van der Waals surface area contributed by atoms with E-state index in [1.54, 1.807) is 0 Å². The molecule has 0 spiro atoms. The van der Waals surface area contributed by atoms with Gasteiger partial charge in [-0.2, -0.15) is 0 Å². The maximum Gasteiger partial charge on any atom is 1.00 e. The molecule has 3 nitrogen and oxygen atoms in total. The average molecular weight is 142 g/mol. The number of hydrogen-bond donors (Lipinski definition) is 0. The summed E-state index contributed by atoms with van der Waals surface area (Å²) in [5.41, 5.74) is 0. The molecular formula is C4H7KO3. The van der Waals surface area contributed by atoms with Crippen LogP contribution >= 0.6 is 0 Å².